The van der Waals surface area contributed by atoms with Gasteiger partial charge < -0.3 is 19.7 Å². The summed E-state index contributed by atoms with van der Waals surface area (Å²) in [4.78, 5) is 27.9. The topological polar surface area (TPSA) is 105 Å². The predicted molar refractivity (Wildman–Crippen MR) is 151 cm³/mol. The van der Waals surface area contributed by atoms with E-state index in [1.807, 2.05) is 30.3 Å². The number of sulfonamides is 1. The number of hydrogen-bond acceptors (Lipinski definition) is 6. The van der Waals surface area contributed by atoms with Gasteiger partial charge in [0, 0.05) is 19.6 Å². The molecule has 40 heavy (non-hydrogen) atoms. The van der Waals surface area contributed by atoms with Gasteiger partial charge in [-0.3, -0.25) is 9.59 Å². The van der Waals surface area contributed by atoms with Gasteiger partial charge >= 0.3 is 0 Å². The van der Waals surface area contributed by atoms with Crippen molar-refractivity contribution in [2.75, 3.05) is 31.1 Å². The van der Waals surface area contributed by atoms with E-state index in [0.717, 1.165) is 18.4 Å². The minimum atomic E-state index is -3.57. The largest absolute Gasteiger partial charge is 0.484 e. The summed E-state index contributed by atoms with van der Waals surface area (Å²) in [5, 5.41) is 2.87. The number of para-hydroxylation sites is 2. The number of fused-ring (bicyclic) bond motifs is 1. The van der Waals surface area contributed by atoms with Crippen molar-refractivity contribution in [3.05, 3.63) is 84.4 Å². The van der Waals surface area contributed by atoms with Crippen molar-refractivity contribution < 1.29 is 27.5 Å². The van der Waals surface area contributed by atoms with Crippen LogP contribution >= 0.6 is 0 Å². The monoisotopic (exact) mass is 563 g/mol. The summed E-state index contributed by atoms with van der Waals surface area (Å²) in [6.45, 7) is 3.26. The summed E-state index contributed by atoms with van der Waals surface area (Å²) in [6, 6.07) is 22.7. The second kappa shape index (κ2) is 12.1. The smallest absolute Gasteiger partial charge is 0.265 e. The van der Waals surface area contributed by atoms with Crippen LogP contribution in [0.5, 0.6) is 11.5 Å². The molecule has 1 N–H and O–H groups in total. The van der Waals surface area contributed by atoms with E-state index in [4.69, 9.17) is 9.47 Å². The number of carbonyl (C=O) groups excluding carboxylic acids is 2. The lowest BCUT2D eigenvalue weighted by Crippen LogP contribution is -2.51. The first kappa shape index (κ1) is 27.7. The molecule has 0 radical (unpaired) electrons. The average molecular weight is 564 g/mol. The summed E-state index contributed by atoms with van der Waals surface area (Å²) in [7, 11) is -3.57. The summed E-state index contributed by atoms with van der Waals surface area (Å²) in [5.74, 6) is 0.659. The maximum absolute atomic E-state index is 13.3. The molecule has 210 valence electrons. The van der Waals surface area contributed by atoms with Gasteiger partial charge in [0.15, 0.2) is 12.7 Å². The van der Waals surface area contributed by atoms with Crippen LogP contribution in [0.4, 0.5) is 5.69 Å². The number of anilines is 1. The Kier molecular flexibility index (Phi) is 8.37. The van der Waals surface area contributed by atoms with Gasteiger partial charge in [0.05, 0.1) is 17.1 Å². The third-order valence-corrected chi connectivity index (χ3v) is 9.16. The molecule has 10 heteroatoms. The number of nitrogens with one attached hydrogen (secondary N) is 1. The van der Waals surface area contributed by atoms with Crippen LogP contribution in [-0.2, 0) is 26.2 Å². The molecular weight excluding hydrogens is 530 g/mol. The number of rotatable bonds is 8. The van der Waals surface area contributed by atoms with Gasteiger partial charge in [0.1, 0.15) is 11.5 Å². The van der Waals surface area contributed by atoms with Crippen molar-refractivity contribution >= 4 is 27.5 Å². The Bertz CT molecular complexity index is 1440. The summed E-state index contributed by atoms with van der Waals surface area (Å²) >= 11 is 0. The number of carbonyl (C=O) groups is 2. The molecule has 2 amide bonds. The van der Waals surface area contributed by atoms with Crippen LogP contribution in [0.15, 0.2) is 83.8 Å². The lowest BCUT2D eigenvalue weighted by molar-refractivity contribution is -0.128. The summed E-state index contributed by atoms with van der Waals surface area (Å²) in [5.41, 5.74) is 1.51. The molecule has 5 rings (SSSR count). The molecule has 2 aliphatic rings. The molecule has 0 aromatic heterocycles. The van der Waals surface area contributed by atoms with Crippen molar-refractivity contribution in [2.45, 2.75) is 37.3 Å². The van der Waals surface area contributed by atoms with Crippen LogP contribution in [0, 0.1) is 5.92 Å². The fraction of sp³-hybridized carbons (Fsp3) is 0.333. The van der Waals surface area contributed by atoms with Crippen molar-refractivity contribution in [2.24, 2.45) is 5.92 Å². The number of benzene rings is 3. The molecule has 3 aromatic rings. The zero-order valence-electron chi connectivity index (χ0n) is 22.4. The van der Waals surface area contributed by atoms with Crippen LogP contribution < -0.4 is 19.7 Å². The lowest BCUT2D eigenvalue weighted by atomic mass is 10.0. The first-order valence-corrected chi connectivity index (χ1v) is 14.9. The lowest BCUT2D eigenvalue weighted by Gasteiger charge is -2.34. The van der Waals surface area contributed by atoms with Gasteiger partial charge in [-0.15, -0.1) is 0 Å². The van der Waals surface area contributed by atoms with Crippen molar-refractivity contribution in [1.82, 2.24) is 9.62 Å². The fourth-order valence-corrected chi connectivity index (χ4v) is 6.28. The summed E-state index contributed by atoms with van der Waals surface area (Å²) < 4.78 is 39.1. The quantitative estimate of drug-likeness (QED) is 0.449. The van der Waals surface area contributed by atoms with Crippen molar-refractivity contribution in [3.8, 4) is 11.5 Å². The number of amides is 2. The number of hydrogen-bond donors (Lipinski definition) is 1. The van der Waals surface area contributed by atoms with Gasteiger partial charge in [-0.05, 0) is 60.7 Å². The van der Waals surface area contributed by atoms with E-state index >= 15 is 0 Å². The maximum atomic E-state index is 13.3. The molecule has 9 nitrogen and oxygen atoms in total. The van der Waals surface area contributed by atoms with Gasteiger partial charge in [-0.25, -0.2) is 8.42 Å². The molecule has 0 saturated carbocycles. The van der Waals surface area contributed by atoms with E-state index in [2.05, 4.69) is 12.2 Å². The molecule has 1 saturated heterocycles. The molecule has 1 fully saturated rings. The van der Waals surface area contributed by atoms with Crippen molar-refractivity contribution in [1.29, 1.82) is 0 Å². The van der Waals surface area contributed by atoms with E-state index in [-0.39, 0.29) is 29.9 Å². The van der Waals surface area contributed by atoms with Gasteiger partial charge in [0.25, 0.3) is 11.8 Å². The van der Waals surface area contributed by atoms with Gasteiger partial charge in [0.2, 0.25) is 10.0 Å². The van der Waals surface area contributed by atoms with Crippen LogP contribution in [0.3, 0.4) is 0 Å². The van der Waals surface area contributed by atoms with Crippen LogP contribution in [-0.4, -0.2) is 56.9 Å². The van der Waals surface area contributed by atoms with Crippen LogP contribution in [0.2, 0.25) is 0 Å². The molecule has 0 spiro atoms. The average Bonchev–Trinajstić information content (AvgIpc) is 2.99. The Hall–Kier alpha value is -3.89. The van der Waals surface area contributed by atoms with Gasteiger partial charge in [-0.1, -0.05) is 49.4 Å². The zero-order valence-corrected chi connectivity index (χ0v) is 23.2. The second-order valence-corrected chi connectivity index (χ2v) is 12.1. The van der Waals surface area contributed by atoms with E-state index in [0.29, 0.717) is 42.7 Å². The standard InChI is InChI=1S/C30H33N3O6S/c1-22-15-17-32(18-16-22)40(36,37)25-13-11-24(12-14-25)38-21-29(34)33-20-28(39-27-10-6-5-9-26(27)33)30(35)31-19-23-7-3-2-4-8-23/h2-14,22,28H,15-21H2,1H3,(H,31,35). The van der Waals surface area contributed by atoms with E-state index < -0.39 is 16.1 Å². The Morgan fingerprint density at radius 1 is 0.950 bits per heavy atom. The second-order valence-electron chi connectivity index (χ2n) is 10.1. The highest BCUT2D eigenvalue weighted by Gasteiger charge is 2.34. The molecule has 3 aromatic carbocycles. The minimum absolute atomic E-state index is 0.0332. The Balaban J connectivity index is 1.21. The molecule has 0 aliphatic carbocycles. The third-order valence-electron chi connectivity index (χ3n) is 7.24. The number of piperidine rings is 1. The number of ether oxygens (including phenoxy) is 2. The Labute approximate surface area is 234 Å². The first-order chi connectivity index (χ1) is 19.3. The fourth-order valence-electron chi connectivity index (χ4n) is 4.81. The molecule has 0 bridgehead atoms. The highest BCUT2D eigenvalue weighted by molar-refractivity contribution is 7.89. The SMILES string of the molecule is CC1CCN(S(=O)(=O)c2ccc(OCC(=O)N3CC(C(=O)NCc4ccccc4)Oc4ccccc43)cc2)CC1. The molecule has 2 heterocycles. The predicted octanol–water partition coefficient (Wildman–Crippen LogP) is 3.60. The summed E-state index contributed by atoms with van der Waals surface area (Å²) in [6.07, 6.45) is 0.815. The molecular formula is C30H33N3O6S. The Morgan fingerprint density at radius 2 is 1.62 bits per heavy atom. The maximum Gasteiger partial charge on any atom is 0.265 e. The Morgan fingerprint density at radius 3 is 2.35 bits per heavy atom. The molecule has 1 unspecified atom stereocenters. The van der Waals surface area contributed by atoms with E-state index in [1.165, 1.54) is 21.3 Å². The van der Waals surface area contributed by atoms with Crippen molar-refractivity contribution in [3.63, 3.8) is 0 Å². The first-order valence-electron chi connectivity index (χ1n) is 13.4. The number of nitrogens with zero attached hydrogens (tertiary/aromatic N) is 2. The van der Waals surface area contributed by atoms with Crippen LogP contribution in [0.25, 0.3) is 0 Å². The van der Waals surface area contributed by atoms with Gasteiger partial charge in [-0.2, -0.15) is 4.31 Å². The van der Waals surface area contributed by atoms with E-state index in [9.17, 15) is 18.0 Å². The highest BCUT2D eigenvalue weighted by Crippen LogP contribution is 2.33. The minimum Gasteiger partial charge on any atom is -0.484 e. The highest BCUT2D eigenvalue weighted by atomic mass is 32.2. The van der Waals surface area contributed by atoms with E-state index in [1.54, 1.807) is 36.4 Å². The zero-order chi connectivity index (χ0) is 28.1. The van der Waals surface area contributed by atoms with Crippen LogP contribution in [0.1, 0.15) is 25.3 Å². The molecule has 2 aliphatic heterocycles. The third kappa shape index (κ3) is 6.29. The molecule has 1 atom stereocenters. The normalized spacial score (nSPS) is 17.9.